The number of aromatic nitrogens is 2. The molecule has 2 amide bonds. The predicted molar refractivity (Wildman–Crippen MR) is 138 cm³/mol. The molecule has 0 unspecified atom stereocenters. The van der Waals surface area contributed by atoms with Gasteiger partial charge in [-0.05, 0) is 60.7 Å². The first-order chi connectivity index (χ1) is 17.4. The number of anilines is 1. The van der Waals surface area contributed by atoms with Gasteiger partial charge in [-0.15, -0.1) is 0 Å². The number of hydrogen-bond acceptors (Lipinski definition) is 7. The van der Waals surface area contributed by atoms with Gasteiger partial charge in [-0.1, -0.05) is 35.5 Å². The minimum atomic E-state index is -0.475. The van der Waals surface area contributed by atoms with Gasteiger partial charge in [0.2, 0.25) is 23.6 Å². The number of primary amides is 1. The Morgan fingerprint density at radius 1 is 1.17 bits per heavy atom. The van der Waals surface area contributed by atoms with Crippen molar-refractivity contribution in [1.82, 2.24) is 14.9 Å². The van der Waals surface area contributed by atoms with E-state index in [4.69, 9.17) is 27.1 Å². The highest BCUT2D eigenvalue weighted by Gasteiger charge is 2.31. The Labute approximate surface area is 218 Å². The van der Waals surface area contributed by atoms with Crippen molar-refractivity contribution in [2.75, 3.05) is 31.1 Å². The Morgan fingerprint density at radius 2 is 1.97 bits per heavy atom. The summed E-state index contributed by atoms with van der Waals surface area (Å²) < 4.78 is 6.13. The van der Waals surface area contributed by atoms with Gasteiger partial charge in [-0.2, -0.15) is 4.98 Å². The largest absolute Gasteiger partial charge is 0.472 e. The molecule has 10 heteroatoms. The minimum Gasteiger partial charge on any atom is -0.472 e. The number of nitrogens with two attached hydrogens (primary N) is 1. The van der Waals surface area contributed by atoms with Crippen molar-refractivity contribution in [3.63, 3.8) is 0 Å². The molecule has 1 saturated heterocycles. The van der Waals surface area contributed by atoms with Crippen LogP contribution in [0.25, 0.3) is 0 Å². The standard InChI is InChI=1S/C26H26ClN5O3S/c27-20-3-1-2-18(12-20)16-35-25-22(36-21-8-6-19(7-9-21)24(28)34)13-29-26(30-25)32-11-10-31(23(33)15-32)14-17-4-5-17/h1-3,6-9,12-13,17H,4-5,10-11,14-16H2,(H2,28,34). The molecule has 2 aliphatic rings. The zero-order chi connectivity index (χ0) is 25.1. The summed E-state index contributed by atoms with van der Waals surface area (Å²) in [5.74, 6) is 1.17. The molecule has 0 radical (unpaired) electrons. The summed E-state index contributed by atoms with van der Waals surface area (Å²) in [5.41, 5.74) is 6.70. The first-order valence-electron chi connectivity index (χ1n) is 11.8. The van der Waals surface area contributed by atoms with E-state index in [0.29, 0.717) is 46.3 Å². The zero-order valence-corrected chi connectivity index (χ0v) is 21.2. The Kier molecular flexibility index (Phi) is 7.29. The van der Waals surface area contributed by atoms with E-state index in [1.807, 2.05) is 46.2 Å². The fourth-order valence-electron chi connectivity index (χ4n) is 3.95. The molecular formula is C26H26ClN5O3S. The van der Waals surface area contributed by atoms with Gasteiger partial charge in [-0.25, -0.2) is 4.98 Å². The summed E-state index contributed by atoms with van der Waals surface area (Å²) in [5, 5.41) is 0.631. The van der Waals surface area contributed by atoms with Crippen LogP contribution in [-0.4, -0.2) is 52.9 Å². The van der Waals surface area contributed by atoms with Crippen molar-refractivity contribution in [2.24, 2.45) is 11.7 Å². The second-order valence-corrected chi connectivity index (χ2v) is 10.5. The molecule has 1 aliphatic heterocycles. The highest BCUT2D eigenvalue weighted by Crippen LogP contribution is 2.35. The Morgan fingerprint density at radius 3 is 2.67 bits per heavy atom. The summed E-state index contributed by atoms with van der Waals surface area (Å²) in [4.78, 5) is 38.8. The van der Waals surface area contributed by atoms with Crippen molar-refractivity contribution in [2.45, 2.75) is 29.2 Å². The number of rotatable bonds is 9. The van der Waals surface area contributed by atoms with Crippen LogP contribution in [-0.2, 0) is 11.4 Å². The molecule has 3 aromatic rings. The molecule has 2 aromatic carbocycles. The molecule has 0 bridgehead atoms. The number of halogens is 1. The maximum Gasteiger partial charge on any atom is 0.248 e. The fourth-order valence-corrected chi connectivity index (χ4v) is 4.99. The van der Waals surface area contributed by atoms with Crippen LogP contribution < -0.4 is 15.4 Å². The first kappa shape index (κ1) is 24.4. The smallest absolute Gasteiger partial charge is 0.248 e. The van der Waals surface area contributed by atoms with Gasteiger partial charge in [0.05, 0.1) is 17.6 Å². The lowest BCUT2D eigenvalue weighted by Crippen LogP contribution is -2.51. The van der Waals surface area contributed by atoms with Crippen LogP contribution in [0.15, 0.2) is 64.5 Å². The molecule has 186 valence electrons. The maximum atomic E-state index is 12.7. The molecule has 1 aromatic heterocycles. The molecule has 1 saturated carbocycles. The van der Waals surface area contributed by atoms with E-state index in [1.165, 1.54) is 24.6 Å². The van der Waals surface area contributed by atoms with Gasteiger partial charge in [0.25, 0.3) is 0 Å². The summed E-state index contributed by atoms with van der Waals surface area (Å²) in [6.07, 6.45) is 4.14. The summed E-state index contributed by atoms with van der Waals surface area (Å²) >= 11 is 7.55. The molecule has 0 atom stereocenters. The summed E-state index contributed by atoms with van der Waals surface area (Å²) in [6, 6.07) is 14.4. The van der Waals surface area contributed by atoms with E-state index in [2.05, 4.69) is 4.98 Å². The number of benzene rings is 2. The molecule has 5 rings (SSSR count). The molecule has 2 fully saturated rings. The van der Waals surface area contributed by atoms with Crippen molar-refractivity contribution >= 4 is 41.1 Å². The molecule has 1 aliphatic carbocycles. The topological polar surface area (TPSA) is 102 Å². The first-order valence-corrected chi connectivity index (χ1v) is 13.0. The number of nitrogens with zero attached hydrogens (tertiary/aromatic N) is 4. The summed E-state index contributed by atoms with van der Waals surface area (Å²) in [6.45, 7) is 2.72. The average molecular weight is 524 g/mol. The maximum absolute atomic E-state index is 12.7. The molecular weight excluding hydrogens is 498 g/mol. The fraction of sp³-hybridized carbons (Fsp3) is 0.308. The van der Waals surface area contributed by atoms with Crippen molar-refractivity contribution in [1.29, 1.82) is 0 Å². The Bertz CT molecular complexity index is 1270. The van der Waals surface area contributed by atoms with E-state index in [-0.39, 0.29) is 19.1 Å². The lowest BCUT2D eigenvalue weighted by molar-refractivity contribution is -0.131. The van der Waals surface area contributed by atoms with E-state index in [1.54, 1.807) is 18.3 Å². The number of carbonyl (C=O) groups is 2. The lowest BCUT2D eigenvalue weighted by atomic mass is 10.2. The van der Waals surface area contributed by atoms with Crippen LogP contribution in [0.3, 0.4) is 0 Å². The third kappa shape index (κ3) is 6.09. The van der Waals surface area contributed by atoms with Crippen LogP contribution in [0.5, 0.6) is 5.88 Å². The van der Waals surface area contributed by atoms with E-state index < -0.39 is 5.91 Å². The number of carbonyl (C=O) groups excluding carboxylic acids is 2. The number of ether oxygens (including phenoxy) is 1. The summed E-state index contributed by atoms with van der Waals surface area (Å²) in [7, 11) is 0. The molecule has 2 N–H and O–H groups in total. The molecule has 8 nitrogen and oxygen atoms in total. The number of hydrogen-bond donors (Lipinski definition) is 1. The second-order valence-electron chi connectivity index (χ2n) is 8.95. The van der Waals surface area contributed by atoms with Crippen LogP contribution in [0.2, 0.25) is 5.02 Å². The normalized spacial score (nSPS) is 15.8. The van der Waals surface area contributed by atoms with Gasteiger partial charge in [0, 0.05) is 35.1 Å². The van der Waals surface area contributed by atoms with Crippen LogP contribution >= 0.6 is 23.4 Å². The average Bonchev–Trinajstić information content (AvgIpc) is 3.69. The van der Waals surface area contributed by atoms with Gasteiger partial charge in [-0.3, -0.25) is 9.59 Å². The van der Waals surface area contributed by atoms with E-state index in [0.717, 1.165) is 17.0 Å². The molecule has 2 heterocycles. The SMILES string of the molecule is NC(=O)c1ccc(Sc2cnc(N3CCN(CC4CC4)C(=O)C3)nc2OCc2cccc(Cl)c2)cc1. The number of amides is 2. The quantitative estimate of drug-likeness (QED) is 0.452. The zero-order valence-electron chi connectivity index (χ0n) is 19.6. The highest BCUT2D eigenvalue weighted by molar-refractivity contribution is 7.99. The van der Waals surface area contributed by atoms with Gasteiger partial charge in [0.15, 0.2) is 0 Å². The van der Waals surface area contributed by atoms with E-state index >= 15 is 0 Å². The Balaban J connectivity index is 1.35. The predicted octanol–water partition coefficient (Wildman–Crippen LogP) is 4.02. The van der Waals surface area contributed by atoms with Crippen molar-refractivity contribution < 1.29 is 14.3 Å². The van der Waals surface area contributed by atoms with Crippen molar-refractivity contribution in [3.8, 4) is 5.88 Å². The number of piperazine rings is 1. The third-order valence-corrected chi connectivity index (χ3v) is 7.36. The van der Waals surface area contributed by atoms with Crippen LogP contribution in [0, 0.1) is 5.92 Å². The lowest BCUT2D eigenvalue weighted by Gasteiger charge is -2.34. The van der Waals surface area contributed by atoms with E-state index in [9.17, 15) is 9.59 Å². The molecule has 0 spiro atoms. The second kappa shape index (κ2) is 10.8. The third-order valence-electron chi connectivity index (χ3n) is 6.12. The van der Waals surface area contributed by atoms with Crippen LogP contribution in [0.1, 0.15) is 28.8 Å². The van der Waals surface area contributed by atoms with Crippen molar-refractivity contribution in [3.05, 3.63) is 70.9 Å². The highest BCUT2D eigenvalue weighted by atomic mass is 35.5. The van der Waals surface area contributed by atoms with Gasteiger partial charge >= 0.3 is 0 Å². The Hall–Kier alpha value is -3.30. The monoisotopic (exact) mass is 523 g/mol. The molecule has 36 heavy (non-hydrogen) atoms. The van der Waals surface area contributed by atoms with Crippen LogP contribution in [0.4, 0.5) is 5.95 Å². The van der Waals surface area contributed by atoms with Gasteiger partial charge in [0.1, 0.15) is 6.61 Å². The minimum absolute atomic E-state index is 0.103. The van der Waals surface area contributed by atoms with Gasteiger partial charge < -0.3 is 20.3 Å².